The Balaban J connectivity index is 2.89. The molecule has 0 heterocycles. The number of nitrogens with one attached hydrogen (secondary N) is 2. The Labute approximate surface area is 117 Å². The minimum atomic E-state index is -3.39. The summed E-state index contributed by atoms with van der Waals surface area (Å²) in [7, 11) is -1.94. The first-order valence-corrected chi connectivity index (χ1v) is 7.92. The standard InChI is InChI=1S/C11H17ClN2O4S/c1-18-11-4-3-8(13-7-9(15)6-12)5-10(11)14-19(2,16)17/h3-5,9,13-15H,6-7H2,1-2H3. The summed E-state index contributed by atoms with van der Waals surface area (Å²) >= 11 is 5.48. The number of rotatable bonds is 7. The second kappa shape index (κ2) is 6.83. The number of halogens is 1. The van der Waals surface area contributed by atoms with Gasteiger partial charge in [-0.05, 0) is 18.2 Å². The summed E-state index contributed by atoms with van der Waals surface area (Å²) in [5.41, 5.74) is 0.978. The molecule has 19 heavy (non-hydrogen) atoms. The van der Waals surface area contributed by atoms with Crippen molar-refractivity contribution in [2.24, 2.45) is 0 Å². The first-order chi connectivity index (χ1) is 8.85. The molecule has 0 aromatic heterocycles. The van der Waals surface area contributed by atoms with E-state index in [-0.39, 0.29) is 12.4 Å². The summed E-state index contributed by atoms with van der Waals surface area (Å²) in [6.07, 6.45) is 0.388. The SMILES string of the molecule is COc1ccc(NCC(O)CCl)cc1NS(C)(=O)=O. The maximum absolute atomic E-state index is 11.2. The van der Waals surface area contributed by atoms with Gasteiger partial charge in [0, 0.05) is 12.2 Å². The lowest BCUT2D eigenvalue weighted by Gasteiger charge is -2.14. The zero-order chi connectivity index (χ0) is 14.5. The molecule has 1 atom stereocenters. The monoisotopic (exact) mass is 308 g/mol. The minimum Gasteiger partial charge on any atom is -0.495 e. The molecule has 1 rings (SSSR count). The van der Waals surface area contributed by atoms with Crippen molar-refractivity contribution in [2.45, 2.75) is 6.10 Å². The summed E-state index contributed by atoms with van der Waals surface area (Å²) in [6.45, 7) is 0.272. The molecule has 3 N–H and O–H groups in total. The van der Waals surface area contributed by atoms with Crippen LogP contribution in [0.4, 0.5) is 11.4 Å². The molecule has 1 unspecified atom stereocenters. The molecular formula is C11H17ClN2O4S. The lowest BCUT2D eigenvalue weighted by atomic mass is 10.2. The number of aliphatic hydroxyl groups excluding tert-OH is 1. The van der Waals surface area contributed by atoms with Crippen molar-refractivity contribution in [2.75, 3.05) is 35.8 Å². The highest BCUT2D eigenvalue weighted by molar-refractivity contribution is 7.92. The number of alkyl halides is 1. The van der Waals surface area contributed by atoms with Crippen molar-refractivity contribution in [3.8, 4) is 5.75 Å². The summed E-state index contributed by atoms with van der Waals surface area (Å²) in [5, 5.41) is 12.3. The molecule has 108 valence electrons. The van der Waals surface area contributed by atoms with Crippen molar-refractivity contribution in [3.63, 3.8) is 0 Å². The molecule has 0 saturated heterocycles. The lowest BCUT2D eigenvalue weighted by molar-refractivity contribution is 0.211. The predicted octanol–water partition coefficient (Wildman–Crippen LogP) is 1.08. The highest BCUT2D eigenvalue weighted by atomic mass is 35.5. The van der Waals surface area contributed by atoms with E-state index in [0.717, 1.165) is 6.26 Å². The van der Waals surface area contributed by atoms with Crippen LogP contribution in [0.3, 0.4) is 0 Å². The molecule has 6 nitrogen and oxygen atoms in total. The van der Waals surface area contributed by atoms with Crippen molar-refractivity contribution in [3.05, 3.63) is 18.2 Å². The fourth-order valence-corrected chi connectivity index (χ4v) is 2.06. The molecule has 0 fully saturated rings. The van der Waals surface area contributed by atoms with E-state index in [0.29, 0.717) is 17.1 Å². The van der Waals surface area contributed by atoms with Gasteiger partial charge in [0.05, 0.1) is 31.0 Å². The van der Waals surface area contributed by atoms with Gasteiger partial charge in [-0.25, -0.2) is 8.42 Å². The van der Waals surface area contributed by atoms with Gasteiger partial charge in [-0.15, -0.1) is 11.6 Å². The van der Waals surface area contributed by atoms with Crippen molar-refractivity contribution < 1.29 is 18.3 Å². The van der Waals surface area contributed by atoms with E-state index in [9.17, 15) is 13.5 Å². The lowest BCUT2D eigenvalue weighted by Crippen LogP contribution is -2.20. The van der Waals surface area contributed by atoms with Crippen molar-refractivity contribution in [1.29, 1.82) is 0 Å². The third-order valence-corrected chi connectivity index (χ3v) is 3.16. The predicted molar refractivity (Wildman–Crippen MR) is 76.7 cm³/mol. The highest BCUT2D eigenvalue weighted by Gasteiger charge is 2.10. The molecule has 0 amide bonds. The van der Waals surface area contributed by atoms with Gasteiger partial charge in [-0.3, -0.25) is 4.72 Å². The molecular weight excluding hydrogens is 292 g/mol. The van der Waals surface area contributed by atoms with Gasteiger partial charge in [-0.1, -0.05) is 0 Å². The third-order valence-electron chi connectivity index (χ3n) is 2.21. The van der Waals surface area contributed by atoms with Gasteiger partial charge in [0.15, 0.2) is 0 Å². The van der Waals surface area contributed by atoms with Crippen LogP contribution in [0.15, 0.2) is 18.2 Å². The van der Waals surface area contributed by atoms with E-state index in [1.54, 1.807) is 18.2 Å². The number of anilines is 2. The van der Waals surface area contributed by atoms with E-state index >= 15 is 0 Å². The Kier molecular flexibility index (Phi) is 5.71. The first-order valence-electron chi connectivity index (χ1n) is 5.49. The van der Waals surface area contributed by atoms with Gasteiger partial charge < -0.3 is 15.2 Å². The van der Waals surface area contributed by atoms with Crippen LogP contribution in [0.25, 0.3) is 0 Å². The summed E-state index contributed by atoms with van der Waals surface area (Å²) in [5.74, 6) is 0.534. The number of methoxy groups -OCH3 is 1. The van der Waals surface area contributed by atoms with Gasteiger partial charge in [0.1, 0.15) is 5.75 Å². The zero-order valence-corrected chi connectivity index (χ0v) is 12.3. The van der Waals surface area contributed by atoms with E-state index in [1.165, 1.54) is 7.11 Å². The van der Waals surface area contributed by atoms with Crippen LogP contribution in [0.2, 0.25) is 0 Å². The molecule has 0 saturated carbocycles. The zero-order valence-electron chi connectivity index (χ0n) is 10.7. The topological polar surface area (TPSA) is 87.7 Å². The van der Waals surface area contributed by atoms with Gasteiger partial charge >= 0.3 is 0 Å². The quantitative estimate of drug-likeness (QED) is 0.656. The number of benzene rings is 1. The van der Waals surface area contributed by atoms with Gasteiger partial charge in [0.25, 0.3) is 0 Å². The number of ether oxygens (including phenoxy) is 1. The molecule has 0 aliphatic heterocycles. The van der Waals surface area contributed by atoms with E-state index in [4.69, 9.17) is 16.3 Å². The van der Waals surface area contributed by atoms with E-state index in [1.807, 2.05) is 0 Å². The fourth-order valence-electron chi connectivity index (χ4n) is 1.39. The van der Waals surface area contributed by atoms with Crippen LogP contribution < -0.4 is 14.8 Å². The Morgan fingerprint density at radius 2 is 2.16 bits per heavy atom. The molecule has 0 radical (unpaired) electrons. The van der Waals surface area contributed by atoms with E-state index < -0.39 is 16.1 Å². The second-order valence-electron chi connectivity index (χ2n) is 3.98. The van der Waals surface area contributed by atoms with Crippen LogP contribution >= 0.6 is 11.6 Å². The number of aliphatic hydroxyl groups is 1. The Morgan fingerprint density at radius 3 is 2.68 bits per heavy atom. The summed E-state index contributed by atoms with van der Waals surface area (Å²) in [4.78, 5) is 0. The normalized spacial score (nSPS) is 12.8. The van der Waals surface area contributed by atoms with E-state index in [2.05, 4.69) is 10.0 Å². The summed E-state index contributed by atoms with van der Waals surface area (Å²) < 4.78 is 29.9. The van der Waals surface area contributed by atoms with Crippen LogP contribution in [-0.4, -0.2) is 45.4 Å². The minimum absolute atomic E-state index is 0.123. The number of hydrogen-bond acceptors (Lipinski definition) is 5. The molecule has 0 aliphatic rings. The Morgan fingerprint density at radius 1 is 1.47 bits per heavy atom. The van der Waals surface area contributed by atoms with Crippen LogP contribution in [0, 0.1) is 0 Å². The van der Waals surface area contributed by atoms with Gasteiger partial charge in [-0.2, -0.15) is 0 Å². The third kappa shape index (κ3) is 5.54. The maximum atomic E-state index is 11.2. The highest BCUT2D eigenvalue weighted by Crippen LogP contribution is 2.28. The van der Waals surface area contributed by atoms with Crippen LogP contribution in [0.5, 0.6) is 5.75 Å². The molecule has 1 aromatic rings. The van der Waals surface area contributed by atoms with Gasteiger partial charge in [0.2, 0.25) is 10.0 Å². The molecule has 0 aliphatic carbocycles. The average Bonchev–Trinajstić information content (AvgIpc) is 2.34. The molecule has 0 bridgehead atoms. The second-order valence-corrected chi connectivity index (χ2v) is 6.04. The van der Waals surface area contributed by atoms with Crippen LogP contribution in [0.1, 0.15) is 0 Å². The first kappa shape index (κ1) is 15.9. The fraction of sp³-hybridized carbons (Fsp3) is 0.455. The molecule has 1 aromatic carbocycles. The Hall–Kier alpha value is -1.18. The Bertz CT molecular complexity index is 521. The summed E-state index contributed by atoms with van der Waals surface area (Å²) in [6, 6.07) is 4.93. The number of hydrogen-bond donors (Lipinski definition) is 3. The molecule has 0 spiro atoms. The average molecular weight is 309 g/mol. The maximum Gasteiger partial charge on any atom is 0.229 e. The van der Waals surface area contributed by atoms with Crippen molar-refractivity contribution >= 4 is 33.0 Å². The smallest absolute Gasteiger partial charge is 0.229 e. The molecule has 8 heteroatoms. The van der Waals surface area contributed by atoms with Crippen molar-refractivity contribution in [1.82, 2.24) is 0 Å². The largest absolute Gasteiger partial charge is 0.495 e. The number of sulfonamides is 1. The van der Waals surface area contributed by atoms with Crippen LogP contribution in [-0.2, 0) is 10.0 Å².